The van der Waals surface area contributed by atoms with Gasteiger partial charge in [-0.15, -0.1) is 11.3 Å². The number of hydrazine groups is 1. The number of halogens is 5. The van der Waals surface area contributed by atoms with Crippen molar-refractivity contribution in [1.82, 2.24) is 19.8 Å². The molecule has 1 saturated carbocycles. The van der Waals surface area contributed by atoms with Crippen LogP contribution in [-0.4, -0.2) is 62.7 Å². The maximum Gasteiger partial charge on any atom is 0.433 e. The molecule has 3 aromatic heterocycles. The quantitative estimate of drug-likeness (QED) is 0.132. The lowest BCUT2D eigenvalue weighted by atomic mass is 9.51. The number of alkyl halides is 3. The summed E-state index contributed by atoms with van der Waals surface area (Å²) in [6, 6.07) is 13.8. The minimum Gasteiger partial charge on any atom is -0.504 e. The summed E-state index contributed by atoms with van der Waals surface area (Å²) in [5, 5.41) is 19.4. The van der Waals surface area contributed by atoms with Crippen molar-refractivity contribution in [1.29, 1.82) is 0 Å². The fourth-order valence-corrected chi connectivity index (χ4v) is 11.5. The number of ether oxygens (including phenoxy) is 1. The Kier molecular flexibility index (Phi) is 9.19. The Morgan fingerprint density at radius 1 is 1.02 bits per heavy atom. The number of pyridine rings is 1. The Morgan fingerprint density at radius 2 is 1.77 bits per heavy atom. The smallest absolute Gasteiger partial charge is 0.433 e. The molecule has 3 fully saturated rings. The van der Waals surface area contributed by atoms with Crippen LogP contribution in [0.3, 0.4) is 0 Å². The van der Waals surface area contributed by atoms with E-state index in [-0.39, 0.29) is 40.7 Å². The third kappa shape index (κ3) is 5.63. The lowest BCUT2D eigenvalue weighted by molar-refractivity contribution is -0.141. The van der Waals surface area contributed by atoms with Crippen LogP contribution in [-0.2, 0) is 32.4 Å². The zero-order valence-corrected chi connectivity index (χ0v) is 34.9. The summed E-state index contributed by atoms with van der Waals surface area (Å²) in [6.45, 7) is 3.64. The zero-order valence-electron chi connectivity index (χ0n) is 32.5. The highest BCUT2D eigenvalue weighted by Crippen LogP contribution is 2.65. The van der Waals surface area contributed by atoms with Crippen LogP contribution in [0.2, 0.25) is 10.0 Å². The number of carbonyl (C=O) groups is 4. The summed E-state index contributed by atoms with van der Waals surface area (Å²) in [6.07, 6.45) is -3.02. The zero-order chi connectivity index (χ0) is 42.9. The average molecular weight is 880 g/mol. The second kappa shape index (κ2) is 13.8. The van der Waals surface area contributed by atoms with Crippen molar-refractivity contribution in [2.45, 2.75) is 38.8 Å². The van der Waals surface area contributed by atoms with Crippen molar-refractivity contribution in [3.8, 4) is 22.1 Å². The van der Waals surface area contributed by atoms with Crippen molar-refractivity contribution < 1.29 is 42.2 Å². The van der Waals surface area contributed by atoms with Crippen molar-refractivity contribution in [2.24, 2.45) is 36.1 Å². The highest BCUT2D eigenvalue weighted by Gasteiger charge is 2.68. The molecule has 2 aromatic carbocycles. The molecule has 1 N–H and O–H groups in total. The molecule has 6 atom stereocenters. The number of rotatable bonds is 6. The molecule has 0 unspecified atom stereocenters. The Hall–Kier alpha value is -5.45. The number of fused-ring (bicyclic) bond motifs is 5. The third-order valence-corrected chi connectivity index (χ3v) is 14.6. The minimum absolute atomic E-state index is 0.0220. The number of allylic oxidation sites excluding steroid dienone is 2. The van der Waals surface area contributed by atoms with Crippen molar-refractivity contribution in [2.75, 3.05) is 24.1 Å². The van der Waals surface area contributed by atoms with Gasteiger partial charge >= 0.3 is 6.18 Å². The monoisotopic (exact) mass is 878 g/mol. The number of hydrogen-bond donors (Lipinski definition) is 1. The number of aromatic nitrogens is 3. The van der Waals surface area contributed by atoms with E-state index in [1.54, 1.807) is 50.4 Å². The van der Waals surface area contributed by atoms with E-state index >= 15 is 4.79 Å². The first-order valence-electron chi connectivity index (χ1n) is 18.9. The molecule has 5 heterocycles. The molecule has 0 radical (unpaired) electrons. The molecule has 310 valence electrons. The first-order chi connectivity index (χ1) is 28.4. The van der Waals surface area contributed by atoms with Crippen LogP contribution in [0.25, 0.3) is 20.7 Å². The van der Waals surface area contributed by atoms with E-state index in [9.17, 15) is 32.7 Å². The number of benzene rings is 2. The third-order valence-electron chi connectivity index (χ3n) is 12.8. The Morgan fingerprint density at radius 3 is 2.48 bits per heavy atom. The molecule has 0 bridgehead atoms. The van der Waals surface area contributed by atoms with E-state index in [1.165, 1.54) is 30.2 Å². The van der Waals surface area contributed by atoms with Crippen molar-refractivity contribution in [3.05, 3.63) is 93.1 Å². The normalized spacial score (nSPS) is 25.2. The molecule has 2 saturated heterocycles. The van der Waals surface area contributed by atoms with Gasteiger partial charge < -0.3 is 9.84 Å². The van der Waals surface area contributed by atoms with Gasteiger partial charge in [0.15, 0.2) is 17.3 Å². The fourth-order valence-electron chi connectivity index (χ4n) is 9.92. The number of aryl methyl sites for hydroxylation is 2. The molecule has 4 amide bonds. The Bertz CT molecular complexity index is 2750. The summed E-state index contributed by atoms with van der Waals surface area (Å²) in [4.78, 5) is 64.5. The highest BCUT2D eigenvalue weighted by atomic mass is 35.5. The number of para-hydroxylation sites is 1. The molecule has 2 aliphatic carbocycles. The molecule has 60 heavy (non-hydrogen) atoms. The Labute approximate surface area is 354 Å². The number of hydrogen-bond acceptors (Lipinski definition) is 10. The van der Waals surface area contributed by atoms with E-state index in [0.29, 0.717) is 22.4 Å². The van der Waals surface area contributed by atoms with E-state index in [0.717, 1.165) is 41.5 Å². The van der Waals surface area contributed by atoms with E-state index in [4.69, 9.17) is 33.0 Å². The number of phenolic OH excluding ortho intramolecular Hbond substituents is 1. The van der Waals surface area contributed by atoms with E-state index < -0.39 is 76.3 Å². The summed E-state index contributed by atoms with van der Waals surface area (Å²) in [5.74, 6) is -7.70. The van der Waals surface area contributed by atoms with Gasteiger partial charge in [0.2, 0.25) is 11.8 Å². The lowest BCUT2D eigenvalue weighted by Crippen LogP contribution is -2.49. The number of amides is 4. The molecular formula is C42H35Cl2F3N6O6S. The summed E-state index contributed by atoms with van der Waals surface area (Å²) in [5.41, 5.74) is -0.438. The van der Waals surface area contributed by atoms with Crippen LogP contribution in [0.4, 0.5) is 24.8 Å². The van der Waals surface area contributed by atoms with Gasteiger partial charge in [0.25, 0.3) is 11.8 Å². The first kappa shape index (κ1) is 40.0. The van der Waals surface area contributed by atoms with Gasteiger partial charge in [-0.1, -0.05) is 47.0 Å². The molecule has 4 aliphatic rings. The maximum atomic E-state index is 15.2. The van der Waals surface area contributed by atoms with Crippen molar-refractivity contribution >= 4 is 79.9 Å². The van der Waals surface area contributed by atoms with Gasteiger partial charge in [0.1, 0.15) is 17.2 Å². The predicted octanol–water partition coefficient (Wildman–Crippen LogP) is 8.33. The largest absolute Gasteiger partial charge is 0.504 e. The summed E-state index contributed by atoms with van der Waals surface area (Å²) in [7, 11) is 4.26. The molecule has 18 heteroatoms. The average Bonchev–Trinajstić information content (AvgIpc) is 3.87. The Balaban J connectivity index is 1.14. The lowest BCUT2D eigenvalue weighted by Gasteiger charge is -2.49. The van der Waals surface area contributed by atoms with Crippen LogP contribution in [0, 0.1) is 36.0 Å². The number of anilines is 2. The van der Waals surface area contributed by atoms with Crippen molar-refractivity contribution in [3.63, 3.8) is 0 Å². The van der Waals surface area contributed by atoms with Gasteiger partial charge in [0.05, 0.1) is 40.2 Å². The van der Waals surface area contributed by atoms with E-state index in [1.807, 2.05) is 19.1 Å². The standard InChI is InChI=1S/C42H35Cl2F3N6O6S/c1-18-23-15-19(43)9-13-29(23)60-35(18)27-17-31(50(3)49-27)52-38(56)25-16-24-20(33(41(25,2)40(52)58)22-7-6-8-28(59-5)34(22)54)10-11-21-32(24)39(57)53(37(21)55)51(4)36-26(44)12-14-30(48-36)42(45,46)47/h6-10,12-15,17,21,24-25,32-33,54H,11,16H2,1-5H3/t21-,24+,25-,32-,33+,41+/m0/s1. The van der Waals surface area contributed by atoms with Gasteiger partial charge in [-0.25, -0.2) is 9.88 Å². The van der Waals surface area contributed by atoms with Crippen LogP contribution in [0.1, 0.15) is 42.5 Å². The molecule has 0 spiro atoms. The summed E-state index contributed by atoms with van der Waals surface area (Å²) < 4.78 is 49.1. The minimum atomic E-state index is -4.83. The van der Waals surface area contributed by atoms with Crippen LogP contribution in [0.5, 0.6) is 11.5 Å². The number of aromatic hydroxyl groups is 1. The number of phenols is 1. The van der Waals surface area contributed by atoms with E-state index in [2.05, 4.69) is 4.98 Å². The molecule has 12 nitrogen and oxygen atoms in total. The number of imide groups is 2. The molecular weight excluding hydrogens is 844 g/mol. The number of thiophene rings is 1. The molecule has 9 rings (SSSR count). The van der Waals surface area contributed by atoms with Crippen LogP contribution in [0.15, 0.2) is 66.2 Å². The number of methoxy groups -OCH3 is 1. The number of nitrogens with zero attached hydrogens (tertiary/aromatic N) is 6. The fraction of sp³-hybridized carbons (Fsp3) is 0.333. The topological polar surface area (TPSA) is 138 Å². The van der Waals surface area contributed by atoms with Gasteiger partial charge in [0, 0.05) is 41.4 Å². The molecule has 5 aromatic rings. The number of carbonyl (C=O) groups excluding carboxylic acids is 4. The second-order valence-corrected chi connectivity index (χ2v) is 17.7. The second-order valence-electron chi connectivity index (χ2n) is 15.8. The SMILES string of the molecule is COc1cccc([C@H]2C3=CC[C@@H]4C(=O)N(N(C)c5nc(C(F)(F)F)ccc5Cl)C(=O)[C@@H]4[C@@H]3C[C@H]3C(=O)N(c4cc(-c5sc6ccc(Cl)cc6c5C)nn4C)C(=O)[C@@]23C)c1O. The highest BCUT2D eigenvalue weighted by molar-refractivity contribution is 7.22. The summed E-state index contributed by atoms with van der Waals surface area (Å²) >= 11 is 14.1. The van der Waals surface area contributed by atoms with Gasteiger partial charge in [-0.3, -0.25) is 28.9 Å². The van der Waals surface area contributed by atoms with Crippen LogP contribution < -0.4 is 14.6 Å². The van der Waals surface area contributed by atoms with Crippen LogP contribution >= 0.6 is 34.5 Å². The molecule has 2 aliphatic heterocycles. The first-order valence-corrected chi connectivity index (χ1v) is 20.5. The maximum absolute atomic E-state index is 15.2. The predicted molar refractivity (Wildman–Crippen MR) is 218 cm³/mol. The van der Waals surface area contributed by atoms with Gasteiger partial charge in [-0.2, -0.15) is 23.3 Å². The van der Waals surface area contributed by atoms with Gasteiger partial charge in [-0.05, 0) is 80.0 Å².